The van der Waals surface area contributed by atoms with E-state index < -0.39 is 0 Å². The molecule has 4 aromatic rings. The maximum absolute atomic E-state index is 13.3. The lowest BCUT2D eigenvalue weighted by Gasteiger charge is -2.34. The molecule has 0 unspecified atom stereocenters. The Bertz CT molecular complexity index is 1360. The number of benzene rings is 3. The van der Waals surface area contributed by atoms with Crippen molar-refractivity contribution in [2.75, 3.05) is 31.1 Å². The first kappa shape index (κ1) is 23.1. The van der Waals surface area contributed by atoms with Crippen LogP contribution in [-0.4, -0.2) is 53.3 Å². The molecule has 0 spiro atoms. The lowest BCUT2D eigenvalue weighted by molar-refractivity contribution is -0.106. The summed E-state index contributed by atoms with van der Waals surface area (Å²) < 4.78 is 13.3. The predicted molar refractivity (Wildman–Crippen MR) is 136 cm³/mol. The number of rotatable bonds is 6. The number of nitrogens with one attached hydrogen (secondary N) is 1. The van der Waals surface area contributed by atoms with E-state index in [1.807, 2.05) is 47.4 Å². The molecule has 1 aromatic heterocycles. The monoisotopic (exact) mass is 490 g/mol. The Morgan fingerprint density at radius 2 is 1.74 bits per heavy atom. The second kappa shape index (κ2) is 9.90. The smallest absolute Gasteiger partial charge is 0.270 e. The van der Waals surface area contributed by atoms with Gasteiger partial charge in [0.15, 0.2) is 0 Å². The maximum Gasteiger partial charge on any atom is 0.270 e. The zero-order chi connectivity index (χ0) is 24.4. The van der Waals surface area contributed by atoms with Crippen LogP contribution in [0.1, 0.15) is 16.1 Å². The molecule has 3 aromatic carbocycles. The third-order valence-electron chi connectivity index (χ3n) is 6.28. The third-order valence-corrected chi connectivity index (χ3v) is 6.51. The van der Waals surface area contributed by atoms with Crippen LogP contribution in [0.25, 0.3) is 10.9 Å². The van der Waals surface area contributed by atoms with Gasteiger partial charge < -0.3 is 9.88 Å². The second-order valence-corrected chi connectivity index (χ2v) is 9.04. The van der Waals surface area contributed by atoms with Crippen molar-refractivity contribution in [3.63, 3.8) is 0 Å². The van der Waals surface area contributed by atoms with Gasteiger partial charge in [-0.15, -0.1) is 0 Å². The first-order valence-electron chi connectivity index (χ1n) is 11.4. The lowest BCUT2D eigenvalue weighted by atomic mass is 10.1. The van der Waals surface area contributed by atoms with Crippen LogP contribution in [-0.2, 0) is 11.3 Å². The Hall–Kier alpha value is -3.68. The number of piperazine rings is 1. The average molecular weight is 491 g/mol. The van der Waals surface area contributed by atoms with Crippen molar-refractivity contribution in [3.8, 4) is 0 Å². The summed E-state index contributed by atoms with van der Waals surface area (Å²) in [5.74, 6) is -0.361. The molecule has 1 fully saturated rings. The molecule has 178 valence electrons. The van der Waals surface area contributed by atoms with E-state index in [1.165, 1.54) is 17.0 Å². The quantitative estimate of drug-likeness (QED) is 0.377. The number of anilines is 2. The molecule has 35 heavy (non-hydrogen) atoms. The van der Waals surface area contributed by atoms with Crippen LogP contribution in [0.3, 0.4) is 0 Å². The predicted octanol–water partition coefficient (Wildman–Crippen LogP) is 5.21. The highest BCUT2D eigenvalue weighted by atomic mass is 35.5. The molecule has 1 aliphatic heterocycles. The highest BCUT2D eigenvalue weighted by molar-refractivity contribution is 6.31. The standard InChI is InChI=1S/C27H24ClFN4O2/c28-21-4-9-25-20(15-21)16-26(30-25)27(35)32-12-10-31(11-13-32)17-19-2-1-3-24(14-19)33(18-34)23-7-5-22(29)6-8-23/h1-9,14-16,18,30H,10-13,17H2. The largest absolute Gasteiger partial charge is 0.351 e. The normalized spacial score (nSPS) is 14.3. The molecule has 0 atom stereocenters. The number of H-pyrrole nitrogens is 1. The van der Waals surface area contributed by atoms with Crippen LogP contribution < -0.4 is 4.90 Å². The molecule has 1 N–H and O–H groups in total. The van der Waals surface area contributed by atoms with Gasteiger partial charge in [-0.1, -0.05) is 23.7 Å². The van der Waals surface area contributed by atoms with E-state index in [2.05, 4.69) is 9.88 Å². The lowest BCUT2D eigenvalue weighted by Crippen LogP contribution is -2.48. The van der Waals surface area contributed by atoms with Gasteiger partial charge in [0, 0.05) is 60.0 Å². The van der Waals surface area contributed by atoms with Crippen LogP contribution in [0.15, 0.2) is 72.8 Å². The van der Waals surface area contributed by atoms with E-state index in [0.717, 1.165) is 41.7 Å². The van der Waals surface area contributed by atoms with E-state index in [4.69, 9.17) is 11.6 Å². The molecule has 1 aliphatic rings. The van der Waals surface area contributed by atoms with Crippen molar-refractivity contribution in [2.24, 2.45) is 0 Å². The van der Waals surface area contributed by atoms with E-state index in [0.29, 0.717) is 36.0 Å². The minimum Gasteiger partial charge on any atom is -0.351 e. The van der Waals surface area contributed by atoms with Crippen molar-refractivity contribution in [1.82, 2.24) is 14.8 Å². The van der Waals surface area contributed by atoms with Gasteiger partial charge in [0.2, 0.25) is 6.41 Å². The molecule has 2 amide bonds. The van der Waals surface area contributed by atoms with Crippen LogP contribution in [0.5, 0.6) is 0 Å². The van der Waals surface area contributed by atoms with Gasteiger partial charge in [-0.3, -0.25) is 19.4 Å². The highest BCUT2D eigenvalue weighted by Crippen LogP contribution is 2.26. The summed E-state index contributed by atoms with van der Waals surface area (Å²) in [5, 5.41) is 1.56. The number of aromatic amines is 1. The molecule has 2 heterocycles. The number of amides is 2. The van der Waals surface area contributed by atoms with Crippen molar-refractivity contribution in [3.05, 3.63) is 94.9 Å². The number of hydrogen-bond acceptors (Lipinski definition) is 3. The summed E-state index contributed by atoms with van der Waals surface area (Å²) in [7, 11) is 0. The van der Waals surface area contributed by atoms with E-state index in [9.17, 15) is 14.0 Å². The number of carbonyl (C=O) groups is 2. The van der Waals surface area contributed by atoms with Gasteiger partial charge in [-0.2, -0.15) is 0 Å². The van der Waals surface area contributed by atoms with Gasteiger partial charge in [0.25, 0.3) is 5.91 Å². The molecule has 5 rings (SSSR count). The minimum atomic E-state index is -0.347. The molecule has 0 bridgehead atoms. The summed E-state index contributed by atoms with van der Waals surface area (Å²) >= 11 is 6.06. The molecule has 0 aliphatic carbocycles. The third kappa shape index (κ3) is 5.06. The topological polar surface area (TPSA) is 59.7 Å². The van der Waals surface area contributed by atoms with Gasteiger partial charge in [0.05, 0.1) is 0 Å². The van der Waals surface area contributed by atoms with Gasteiger partial charge in [-0.05, 0) is 66.2 Å². The Kier molecular flexibility index (Phi) is 6.53. The van der Waals surface area contributed by atoms with E-state index in [-0.39, 0.29) is 11.7 Å². The highest BCUT2D eigenvalue weighted by Gasteiger charge is 2.23. The summed E-state index contributed by atoms with van der Waals surface area (Å²) in [6, 6.07) is 20.9. The summed E-state index contributed by atoms with van der Waals surface area (Å²) in [6.07, 6.45) is 0.731. The fourth-order valence-corrected chi connectivity index (χ4v) is 4.61. The number of nitrogens with zero attached hydrogens (tertiary/aromatic N) is 3. The van der Waals surface area contributed by atoms with Crippen molar-refractivity contribution in [2.45, 2.75) is 6.54 Å². The fraction of sp³-hybridized carbons (Fsp3) is 0.185. The van der Waals surface area contributed by atoms with Crippen LogP contribution in [0.2, 0.25) is 5.02 Å². The van der Waals surface area contributed by atoms with E-state index >= 15 is 0 Å². The second-order valence-electron chi connectivity index (χ2n) is 8.60. The first-order valence-corrected chi connectivity index (χ1v) is 11.8. The van der Waals surface area contributed by atoms with Crippen LogP contribution >= 0.6 is 11.6 Å². The summed E-state index contributed by atoms with van der Waals surface area (Å²) in [6.45, 7) is 3.46. The number of aromatic nitrogens is 1. The Morgan fingerprint density at radius 1 is 0.971 bits per heavy atom. The van der Waals surface area contributed by atoms with Gasteiger partial charge >= 0.3 is 0 Å². The first-order chi connectivity index (χ1) is 17.0. The zero-order valence-corrected chi connectivity index (χ0v) is 19.7. The van der Waals surface area contributed by atoms with Crippen molar-refractivity contribution < 1.29 is 14.0 Å². The molecule has 0 radical (unpaired) electrons. The molecule has 0 saturated carbocycles. The zero-order valence-electron chi connectivity index (χ0n) is 19.0. The molecule has 8 heteroatoms. The van der Waals surface area contributed by atoms with Crippen molar-refractivity contribution in [1.29, 1.82) is 0 Å². The maximum atomic E-state index is 13.3. The summed E-state index contributed by atoms with van der Waals surface area (Å²) in [5.41, 5.74) is 3.84. The Morgan fingerprint density at radius 3 is 2.49 bits per heavy atom. The number of hydrogen-bond donors (Lipinski definition) is 1. The van der Waals surface area contributed by atoms with Gasteiger partial charge in [0.1, 0.15) is 11.5 Å². The number of fused-ring (bicyclic) bond motifs is 1. The number of carbonyl (C=O) groups excluding carboxylic acids is 2. The van der Waals surface area contributed by atoms with Crippen LogP contribution in [0, 0.1) is 5.82 Å². The fourth-order valence-electron chi connectivity index (χ4n) is 4.43. The van der Waals surface area contributed by atoms with E-state index in [1.54, 1.807) is 18.2 Å². The SMILES string of the molecule is O=CN(c1ccc(F)cc1)c1cccc(CN2CCN(C(=O)c3cc4cc(Cl)ccc4[nH]3)CC2)c1. The van der Waals surface area contributed by atoms with Crippen LogP contribution in [0.4, 0.5) is 15.8 Å². The summed E-state index contributed by atoms with van der Waals surface area (Å²) in [4.78, 5) is 33.6. The molecule has 1 saturated heterocycles. The van der Waals surface area contributed by atoms with Crippen molar-refractivity contribution >= 4 is 46.2 Å². The van der Waals surface area contributed by atoms with Gasteiger partial charge in [-0.25, -0.2) is 4.39 Å². The minimum absolute atomic E-state index is 0.0140. The number of halogens is 2. The Balaban J connectivity index is 1.22. The average Bonchev–Trinajstić information content (AvgIpc) is 3.29. The molecular weight excluding hydrogens is 467 g/mol. The Labute approximate surface area is 207 Å². The molecule has 6 nitrogen and oxygen atoms in total. The molecular formula is C27H24ClFN4O2.